The van der Waals surface area contributed by atoms with Crippen molar-refractivity contribution in [2.24, 2.45) is 11.1 Å². The van der Waals surface area contributed by atoms with Crippen LogP contribution in [0.25, 0.3) is 0 Å². The smallest absolute Gasteiger partial charge is 0.328 e. The summed E-state index contributed by atoms with van der Waals surface area (Å²) in [4.78, 5) is 23.9. The van der Waals surface area contributed by atoms with Gasteiger partial charge in [0.05, 0.1) is 13.2 Å². The van der Waals surface area contributed by atoms with E-state index < -0.39 is 23.0 Å². The lowest BCUT2D eigenvalue weighted by atomic mass is 9.54. The third kappa shape index (κ3) is 3.49. The fraction of sp³-hybridized carbons (Fsp3) is 0.857. The number of hydrogen-bond acceptors (Lipinski definition) is 5. The molecule has 1 amide bonds. The average Bonchev–Trinajstić information content (AvgIpc) is 2.42. The van der Waals surface area contributed by atoms with Crippen molar-refractivity contribution in [1.82, 2.24) is 5.32 Å². The SMILES string of the molecule is CCOC1CC(N)(C(=O)NC(CC)C(=O)OC)C1(C)C.Cl. The van der Waals surface area contributed by atoms with Crippen molar-refractivity contribution in [3.63, 3.8) is 0 Å². The molecule has 0 aromatic rings. The Labute approximate surface area is 132 Å². The molecule has 0 aromatic heterocycles. The van der Waals surface area contributed by atoms with E-state index in [1.54, 1.807) is 6.92 Å². The molecule has 0 aromatic carbocycles. The Bertz CT molecular complexity index is 389. The van der Waals surface area contributed by atoms with E-state index in [9.17, 15) is 9.59 Å². The standard InChI is InChI=1S/C14H26N2O4.ClH/c1-6-9(11(17)19-5)16-12(18)14(15)8-10(20-7-2)13(14,3)4;/h9-10H,6-8,15H2,1-5H3,(H,16,18);1H. The second-order valence-electron chi connectivity index (χ2n) is 5.80. The Balaban J connectivity index is 0.00000400. The van der Waals surface area contributed by atoms with E-state index >= 15 is 0 Å². The van der Waals surface area contributed by atoms with Gasteiger partial charge in [0.25, 0.3) is 0 Å². The Kier molecular flexibility index (Phi) is 7.12. The Morgan fingerprint density at radius 3 is 2.33 bits per heavy atom. The lowest BCUT2D eigenvalue weighted by Crippen LogP contribution is -2.76. The van der Waals surface area contributed by atoms with Crippen LogP contribution in [0, 0.1) is 5.41 Å². The average molecular weight is 323 g/mol. The number of halogens is 1. The molecule has 7 heteroatoms. The first-order valence-electron chi connectivity index (χ1n) is 7.03. The van der Waals surface area contributed by atoms with Crippen LogP contribution in [0.3, 0.4) is 0 Å². The van der Waals surface area contributed by atoms with E-state index in [1.807, 2.05) is 20.8 Å². The van der Waals surface area contributed by atoms with Crippen molar-refractivity contribution in [2.45, 2.75) is 58.2 Å². The molecule has 1 aliphatic rings. The fourth-order valence-electron chi connectivity index (χ4n) is 2.58. The number of esters is 1. The maximum Gasteiger partial charge on any atom is 0.328 e. The van der Waals surface area contributed by atoms with Crippen LogP contribution in [0.15, 0.2) is 0 Å². The maximum absolute atomic E-state index is 12.4. The Hall–Kier alpha value is -0.850. The molecule has 1 saturated carbocycles. The molecule has 0 heterocycles. The zero-order valence-electron chi connectivity index (χ0n) is 13.4. The normalized spacial score (nSPS) is 27.8. The monoisotopic (exact) mass is 322 g/mol. The van der Waals surface area contributed by atoms with Gasteiger partial charge in [0.15, 0.2) is 0 Å². The minimum Gasteiger partial charge on any atom is -0.467 e. The number of hydrogen-bond donors (Lipinski definition) is 2. The van der Waals surface area contributed by atoms with E-state index in [4.69, 9.17) is 10.5 Å². The summed E-state index contributed by atoms with van der Waals surface area (Å²) in [5.41, 5.74) is 4.75. The molecule has 1 rings (SSSR count). The van der Waals surface area contributed by atoms with E-state index in [0.717, 1.165) is 0 Å². The molecule has 1 aliphatic carbocycles. The zero-order valence-corrected chi connectivity index (χ0v) is 14.2. The summed E-state index contributed by atoms with van der Waals surface area (Å²) < 4.78 is 10.2. The van der Waals surface area contributed by atoms with Crippen LogP contribution in [-0.2, 0) is 19.1 Å². The van der Waals surface area contributed by atoms with Crippen LogP contribution >= 0.6 is 12.4 Å². The Morgan fingerprint density at radius 2 is 1.95 bits per heavy atom. The highest BCUT2D eigenvalue weighted by molar-refractivity contribution is 5.92. The van der Waals surface area contributed by atoms with Crippen LogP contribution in [0.5, 0.6) is 0 Å². The van der Waals surface area contributed by atoms with Crippen molar-refractivity contribution in [2.75, 3.05) is 13.7 Å². The molecule has 0 aliphatic heterocycles. The number of amides is 1. The highest BCUT2D eigenvalue weighted by Crippen LogP contribution is 2.49. The lowest BCUT2D eigenvalue weighted by Gasteiger charge is -2.57. The molecule has 6 nitrogen and oxygen atoms in total. The van der Waals surface area contributed by atoms with Gasteiger partial charge in [-0.05, 0) is 13.3 Å². The molecule has 0 radical (unpaired) electrons. The molecule has 0 saturated heterocycles. The summed E-state index contributed by atoms with van der Waals surface area (Å²) in [7, 11) is 1.30. The molecule has 1 fully saturated rings. The molecule has 3 unspecified atom stereocenters. The topological polar surface area (TPSA) is 90.6 Å². The van der Waals surface area contributed by atoms with Gasteiger partial charge in [-0.25, -0.2) is 4.79 Å². The first-order chi connectivity index (χ1) is 9.24. The number of methoxy groups -OCH3 is 1. The highest BCUT2D eigenvalue weighted by Gasteiger charge is 2.63. The molecule has 124 valence electrons. The van der Waals surface area contributed by atoms with Gasteiger partial charge >= 0.3 is 5.97 Å². The van der Waals surface area contributed by atoms with Gasteiger partial charge in [0.2, 0.25) is 5.91 Å². The largest absolute Gasteiger partial charge is 0.467 e. The fourth-order valence-corrected chi connectivity index (χ4v) is 2.58. The van der Waals surface area contributed by atoms with Gasteiger partial charge in [0, 0.05) is 18.4 Å². The van der Waals surface area contributed by atoms with Gasteiger partial charge in [-0.3, -0.25) is 4.79 Å². The van der Waals surface area contributed by atoms with Gasteiger partial charge in [-0.15, -0.1) is 12.4 Å². The molecule has 0 spiro atoms. The number of rotatable bonds is 6. The van der Waals surface area contributed by atoms with E-state index in [1.165, 1.54) is 7.11 Å². The number of nitrogens with two attached hydrogens (primary N) is 1. The summed E-state index contributed by atoms with van der Waals surface area (Å²) in [5.74, 6) is -0.779. The minimum atomic E-state index is -1.02. The van der Waals surface area contributed by atoms with Crippen molar-refractivity contribution in [1.29, 1.82) is 0 Å². The minimum absolute atomic E-state index is 0. The first kappa shape index (κ1) is 20.1. The van der Waals surface area contributed by atoms with Crippen molar-refractivity contribution in [3.05, 3.63) is 0 Å². The molecular formula is C14H27ClN2O4. The van der Waals surface area contributed by atoms with Crippen molar-refractivity contribution >= 4 is 24.3 Å². The predicted octanol–water partition coefficient (Wildman–Crippen LogP) is 1.01. The van der Waals surface area contributed by atoms with Gasteiger partial charge in [-0.1, -0.05) is 20.8 Å². The van der Waals surface area contributed by atoms with Crippen LogP contribution in [0.4, 0.5) is 0 Å². The molecular weight excluding hydrogens is 296 g/mol. The molecule has 3 N–H and O–H groups in total. The van der Waals surface area contributed by atoms with Crippen molar-refractivity contribution in [3.8, 4) is 0 Å². The summed E-state index contributed by atoms with van der Waals surface area (Å²) in [6.07, 6.45) is 0.877. The highest BCUT2D eigenvalue weighted by atomic mass is 35.5. The zero-order chi connectivity index (χ0) is 15.6. The van der Waals surface area contributed by atoms with E-state index in [0.29, 0.717) is 19.4 Å². The summed E-state index contributed by atoms with van der Waals surface area (Å²) in [5, 5.41) is 2.68. The second kappa shape index (κ2) is 7.42. The number of carbonyl (C=O) groups excluding carboxylic acids is 2. The third-order valence-corrected chi connectivity index (χ3v) is 4.43. The second-order valence-corrected chi connectivity index (χ2v) is 5.80. The van der Waals surface area contributed by atoms with Crippen LogP contribution < -0.4 is 11.1 Å². The third-order valence-electron chi connectivity index (χ3n) is 4.43. The van der Waals surface area contributed by atoms with Crippen molar-refractivity contribution < 1.29 is 19.1 Å². The lowest BCUT2D eigenvalue weighted by molar-refractivity contribution is -0.172. The predicted molar refractivity (Wildman–Crippen MR) is 82.2 cm³/mol. The van der Waals surface area contributed by atoms with Gasteiger partial charge in [0.1, 0.15) is 11.6 Å². The number of ether oxygens (including phenoxy) is 2. The number of carbonyl (C=O) groups is 2. The van der Waals surface area contributed by atoms with Gasteiger partial charge in [-0.2, -0.15) is 0 Å². The molecule has 21 heavy (non-hydrogen) atoms. The first-order valence-corrected chi connectivity index (χ1v) is 7.03. The summed E-state index contributed by atoms with van der Waals surface area (Å²) in [6.45, 7) is 8.13. The quantitative estimate of drug-likeness (QED) is 0.712. The summed E-state index contributed by atoms with van der Waals surface area (Å²) in [6, 6.07) is -0.658. The number of nitrogens with one attached hydrogen (secondary N) is 1. The Morgan fingerprint density at radius 1 is 1.38 bits per heavy atom. The van der Waals surface area contributed by atoms with Crippen LogP contribution in [0.1, 0.15) is 40.5 Å². The van der Waals surface area contributed by atoms with Crippen LogP contribution in [0.2, 0.25) is 0 Å². The molecule has 3 atom stereocenters. The summed E-state index contributed by atoms with van der Waals surface area (Å²) >= 11 is 0. The van der Waals surface area contributed by atoms with E-state index in [2.05, 4.69) is 10.1 Å². The van der Waals surface area contributed by atoms with Gasteiger partial charge < -0.3 is 20.5 Å². The maximum atomic E-state index is 12.4. The van der Waals surface area contributed by atoms with Crippen LogP contribution in [-0.4, -0.2) is 43.3 Å². The molecule has 0 bridgehead atoms. The van der Waals surface area contributed by atoms with E-state index in [-0.39, 0.29) is 24.4 Å².